The molecule has 0 radical (unpaired) electrons. The Hall–Kier alpha value is -2.07. The van der Waals surface area contributed by atoms with E-state index in [0.29, 0.717) is 5.82 Å². The van der Waals surface area contributed by atoms with Gasteiger partial charge in [0.05, 0.1) is 7.11 Å². The maximum absolute atomic E-state index is 6.17. The van der Waals surface area contributed by atoms with Crippen LogP contribution in [0.2, 0.25) is 0 Å². The third-order valence-electron chi connectivity index (χ3n) is 2.85. The molecule has 1 atom stereocenters. The summed E-state index contributed by atoms with van der Waals surface area (Å²) in [6, 6.07) is 11.5. The number of ether oxygens (including phenoxy) is 1. The first-order valence-electron chi connectivity index (χ1n) is 5.79. The van der Waals surface area contributed by atoms with Crippen molar-refractivity contribution in [2.24, 2.45) is 5.73 Å². The van der Waals surface area contributed by atoms with E-state index in [1.807, 2.05) is 36.4 Å². The fraction of sp³-hybridized carbons (Fsp3) is 0.214. The van der Waals surface area contributed by atoms with Gasteiger partial charge in [0, 0.05) is 12.2 Å². The van der Waals surface area contributed by atoms with Crippen molar-refractivity contribution in [2.45, 2.75) is 12.5 Å². The highest BCUT2D eigenvalue weighted by Crippen LogP contribution is 2.19. The van der Waals surface area contributed by atoms with Crippen LogP contribution >= 0.6 is 0 Å². The lowest BCUT2D eigenvalue weighted by atomic mass is 10.0. The molecule has 1 aromatic heterocycles. The Morgan fingerprint density at radius 1 is 1.22 bits per heavy atom. The van der Waals surface area contributed by atoms with Gasteiger partial charge in [-0.25, -0.2) is 4.98 Å². The van der Waals surface area contributed by atoms with Crippen molar-refractivity contribution in [3.05, 3.63) is 53.7 Å². The van der Waals surface area contributed by atoms with Crippen molar-refractivity contribution >= 4 is 5.82 Å². The first-order valence-corrected chi connectivity index (χ1v) is 5.79. The summed E-state index contributed by atoms with van der Waals surface area (Å²) >= 11 is 0. The number of nitrogens with zero attached hydrogens (tertiary/aromatic N) is 1. The van der Waals surface area contributed by atoms with E-state index in [1.54, 1.807) is 13.3 Å². The SMILES string of the molecule is COc1ccc(C(N)Cc2ccnc(N)c2)cc1. The molecule has 0 amide bonds. The fourth-order valence-corrected chi connectivity index (χ4v) is 1.84. The summed E-state index contributed by atoms with van der Waals surface area (Å²) in [6.45, 7) is 0. The largest absolute Gasteiger partial charge is 0.497 e. The van der Waals surface area contributed by atoms with E-state index in [2.05, 4.69) is 4.98 Å². The van der Waals surface area contributed by atoms with Gasteiger partial charge < -0.3 is 16.2 Å². The van der Waals surface area contributed by atoms with Gasteiger partial charge in [-0.3, -0.25) is 0 Å². The lowest BCUT2D eigenvalue weighted by Crippen LogP contribution is -2.13. The van der Waals surface area contributed by atoms with Crippen molar-refractivity contribution in [1.29, 1.82) is 0 Å². The van der Waals surface area contributed by atoms with Crippen LogP contribution in [0.3, 0.4) is 0 Å². The number of nitrogens with two attached hydrogens (primary N) is 2. The highest BCUT2D eigenvalue weighted by atomic mass is 16.5. The van der Waals surface area contributed by atoms with Crippen LogP contribution in [0.4, 0.5) is 5.82 Å². The molecule has 0 fully saturated rings. The number of methoxy groups -OCH3 is 1. The van der Waals surface area contributed by atoms with Crippen LogP contribution in [0, 0.1) is 0 Å². The molecule has 1 unspecified atom stereocenters. The Bertz CT molecular complexity index is 511. The number of hydrogen-bond acceptors (Lipinski definition) is 4. The number of nitrogen functional groups attached to an aromatic ring is 1. The first kappa shape index (κ1) is 12.4. The Kier molecular flexibility index (Phi) is 3.79. The van der Waals surface area contributed by atoms with E-state index < -0.39 is 0 Å². The molecule has 94 valence electrons. The molecule has 0 bridgehead atoms. The van der Waals surface area contributed by atoms with Crippen molar-refractivity contribution in [3.8, 4) is 5.75 Å². The molecule has 0 saturated carbocycles. The zero-order valence-electron chi connectivity index (χ0n) is 10.3. The quantitative estimate of drug-likeness (QED) is 0.860. The summed E-state index contributed by atoms with van der Waals surface area (Å²) in [5, 5.41) is 0. The Morgan fingerprint density at radius 2 is 1.94 bits per heavy atom. The molecule has 0 spiro atoms. The van der Waals surface area contributed by atoms with Crippen LogP contribution in [0.25, 0.3) is 0 Å². The molecule has 2 aromatic rings. The molecular formula is C14H17N3O. The third-order valence-corrected chi connectivity index (χ3v) is 2.85. The Morgan fingerprint density at radius 3 is 2.56 bits per heavy atom. The summed E-state index contributed by atoms with van der Waals surface area (Å²) in [6.07, 6.45) is 2.43. The highest BCUT2D eigenvalue weighted by Gasteiger charge is 2.07. The normalized spacial score (nSPS) is 12.1. The summed E-state index contributed by atoms with van der Waals surface area (Å²) in [5.41, 5.74) is 14.0. The van der Waals surface area contributed by atoms with E-state index in [1.165, 1.54) is 0 Å². The molecule has 0 aliphatic rings. The fourth-order valence-electron chi connectivity index (χ4n) is 1.84. The number of hydrogen-bond donors (Lipinski definition) is 2. The summed E-state index contributed by atoms with van der Waals surface area (Å²) < 4.78 is 5.12. The number of benzene rings is 1. The first-order chi connectivity index (χ1) is 8.69. The van der Waals surface area contributed by atoms with Gasteiger partial charge in [-0.15, -0.1) is 0 Å². The van der Waals surface area contributed by atoms with Crippen LogP contribution in [-0.4, -0.2) is 12.1 Å². The van der Waals surface area contributed by atoms with Crippen LogP contribution in [0.1, 0.15) is 17.2 Å². The van der Waals surface area contributed by atoms with Crippen molar-refractivity contribution in [1.82, 2.24) is 4.98 Å². The summed E-state index contributed by atoms with van der Waals surface area (Å²) in [7, 11) is 1.65. The van der Waals surface area contributed by atoms with Gasteiger partial charge in [0.25, 0.3) is 0 Å². The number of rotatable bonds is 4. The predicted octanol–water partition coefficient (Wildman–Crippen LogP) is 1.91. The zero-order chi connectivity index (χ0) is 13.0. The average molecular weight is 243 g/mol. The molecule has 0 aliphatic carbocycles. The van der Waals surface area contributed by atoms with Crippen molar-refractivity contribution < 1.29 is 4.74 Å². The third kappa shape index (κ3) is 2.99. The monoisotopic (exact) mass is 243 g/mol. The maximum Gasteiger partial charge on any atom is 0.123 e. The number of aromatic nitrogens is 1. The predicted molar refractivity (Wildman–Crippen MR) is 72.3 cm³/mol. The molecule has 0 saturated heterocycles. The van der Waals surface area contributed by atoms with Crippen molar-refractivity contribution in [3.63, 3.8) is 0 Å². The highest BCUT2D eigenvalue weighted by molar-refractivity contribution is 5.34. The van der Waals surface area contributed by atoms with Gasteiger partial charge in [0.15, 0.2) is 0 Å². The van der Waals surface area contributed by atoms with E-state index in [4.69, 9.17) is 16.2 Å². The van der Waals surface area contributed by atoms with Crippen molar-refractivity contribution in [2.75, 3.05) is 12.8 Å². The second-order valence-electron chi connectivity index (χ2n) is 4.17. The van der Waals surface area contributed by atoms with E-state index in [0.717, 1.165) is 23.3 Å². The molecule has 18 heavy (non-hydrogen) atoms. The molecule has 2 rings (SSSR count). The van der Waals surface area contributed by atoms with Crippen LogP contribution in [0.5, 0.6) is 5.75 Å². The van der Waals surface area contributed by atoms with E-state index >= 15 is 0 Å². The molecule has 0 aliphatic heterocycles. The topological polar surface area (TPSA) is 74.2 Å². The average Bonchev–Trinajstić information content (AvgIpc) is 2.39. The minimum absolute atomic E-state index is 0.0577. The smallest absolute Gasteiger partial charge is 0.123 e. The zero-order valence-corrected chi connectivity index (χ0v) is 10.3. The summed E-state index contributed by atoms with van der Waals surface area (Å²) in [4.78, 5) is 3.96. The Labute approximate surface area is 107 Å². The number of pyridine rings is 1. The lowest BCUT2D eigenvalue weighted by molar-refractivity contribution is 0.414. The molecule has 4 nitrogen and oxygen atoms in total. The van der Waals surface area contributed by atoms with Crippen LogP contribution in [0.15, 0.2) is 42.6 Å². The molecule has 4 heteroatoms. The van der Waals surface area contributed by atoms with E-state index in [9.17, 15) is 0 Å². The molecular weight excluding hydrogens is 226 g/mol. The van der Waals surface area contributed by atoms with Crippen LogP contribution in [-0.2, 0) is 6.42 Å². The second kappa shape index (κ2) is 5.51. The van der Waals surface area contributed by atoms with Gasteiger partial charge in [-0.1, -0.05) is 12.1 Å². The Balaban J connectivity index is 2.09. The van der Waals surface area contributed by atoms with E-state index in [-0.39, 0.29) is 6.04 Å². The summed E-state index contributed by atoms with van der Waals surface area (Å²) in [5.74, 6) is 1.36. The van der Waals surface area contributed by atoms with Gasteiger partial charge in [0.2, 0.25) is 0 Å². The second-order valence-corrected chi connectivity index (χ2v) is 4.17. The lowest BCUT2D eigenvalue weighted by Gasteiger charge is -2.12. The minimum atomic E-state index is -0.0577. The van der Waals surface area contributed by atoms with Gasteiger partial charge >= 0.3 is 0 Å². The van der Waals surface area contributed by atoms with Crippen LogP contribution < -0.4 is 16.2 Å². The molecule has 4 N–H and O–H groups in total. The standard InChI is InChI=1S/C14H17N3O/c1-18-12-4-2-11(3-5-12)13(15)8-10-6-7-17-14(16)9-10/h2-7,9,13H,8,15H2,1H3,(H2,16,17). The van der Waals surface area contributed by atoms with Gasteiger partial charge in [-0.2, -0.15) is 0 Å². The van der Waals surface area contributed by atoms with Gasteiger partial charge in [-0.05, 0) is 41.8 Å². The van der Waals surface area contributed by atoms with Gasteiger partial charge in [0.1, 0.15) is 11.6 Å². The molecule has 1 aromatic carbocycles. The maximum atomic E-state index is 6.17. The minimum Gasteiger partial charge on any atom is -0.497 e. The number of anilines is 1. The molecule has 1 heterocycles.